The number of carbonyl (C=O) groups is 1. The number of aryl methyl sites for hydroxylation is 1. The number of nitrogens with zero attached hydrogens (tertiary/aromatic N) is 3. The molecule has 0 aliphatic heterocycles. The van der Waals surface area contributed by atoms with Gasteiger partial charge in [0.2, 0.25) is 5.95 Å². The van der Waals surface area contributed by atoms with E-state index in [0.717, 1.165) is 60.1 Å². The zero-order valence-corrected chi connectivity index (χ0v) is 18.6. The van der Waals surface area contributed by atoms with Crippen LogP contribution in [0.5, 0.6) is 0 Å². The quantitative estimate of drug-likeness (QED) is 0.622. The van der Waals surface area contributed by atoms with Gasteiger partial charge in [-0.1, -0.05) is 29.8 Å². The van der Waals surface area contributed by atoms with Crippen LogP contribution in [0.2, 0.25) is 0 Å². The van der Waals surface area contributed by atoms with Crippen LogP contribution >= 0.6 is 0 Å². The minimum atomic E-state index is 0.0148. The number of aromatic nitrogens is 2. The Kier molecular flexibility index (Phi) is 6.35. The second-order valence-electron chi connectivity index (χ2n) is 8.72. The molecule has 1 aliphatic rings. The van der Waals surface area contributed by atoms with E-state index in [9.17, 15) is 4.79 Å². The summed E-state index contributed by atoms with van der Waals surface area (Å²) in [5.41, 5.74) is 2.85. The van der Waals surface area contributed by atoms with Crippen LogP contribution in [0.25, 0.3) is 10.9 Å². The third-order valence-corrected chi connectivity index (χ3v) is 6.05. The van der Waals surface area contributed by atoms with Crippen molar-refractivity contribution in [1.82, 2.24) is 15.3 Å². The van der Waals surface area contributed by atoms with Crippen LogP contribution in [-0.2, 0) is 0 Å². The Labute approximate surface area is 184 Å². The third kappa shape index (κ3) is 5.13. The van der Waals surface area contributed by atoms with Crippen LogP contribution in [-0.4, -0.2) is 42.6 Å². The van der Waals surface area contributed by atoms with Crippen molar-refractivity contribution in [3.05, 3.63) is 59.7 Å². The SMILES string of the molecule is Cc1ccc(C(=O)NCC2CCC(Nc3nc(N(C)C)c4ccccc4n3)CC2)cc1. The van der Waals surface area contributed by atoms with Gasteiger partial charge in [-0.25, -0.2) is 4.98 Å². The fourth-order valence-electron chi connectivity index (χ4n) is 4.20. The lowest BCUT2D eigenvalue weighted by Crippen LogP contribution is -2.34. The van der Waals surface area contributed by atoms with E-state index >= 15 is 0 Å². The van der Waals surface area contributed by atoms with E-state index in [1.54, 1.807) is 0 Å². The maximum absolute atomic E-state index is 12.4. The fourth-order valence-corrected chi connectivity index (χ4v) is 4.20. The summed E-state index contributed by atoms with van der Waals surface area (Å²) in [5.74, 6) is 2.16. The molecule has 1 heterocycles. The van der Waals surface area contributed by atoms with Gasteiger partial charge in [-0.15, -0.1) is 0 Å². The van der Waals surface area contributed by atoms with Crippen molar-refractivity contribution in [1.29, 1.82) is 0 Å². The van der Waals surface area contributed by atoms with E-state index in [0.29, 0.717) is 17.9 Å². The van der Waals surface area contributed by atoms with Crippen molar-refractivity contribution in [3.8, 4) is 0 Å². The van der Waals surface area contributed by atoms with E-state index in [-0.39, 0.29) is 5.91 Å². The summed E-state index contributed by atoms with van der Waals surface area (Å²) in [6.45, 7) is 2.76. The average molecular weight is 418 g/mol. The van der Waals surface area contributed by atoms with Crippen molar-refractivity contribution in [2.45, 2.75) is 38.6 Å². The molecule has 1 saturated carbocycles. The van der Waals surface area contributed by atoms with Crippen molar-refractivity contribution in [2.24, 2.45) is 5.92 Å². The predicted octanol–water partition coefficient (Wildman–Crippen LogP) is 4.40. The van der Waals surface area contributed by atoms with Gasteiger partial charge >= 0.3 is 0 Å². The summed E-state index contributed by atoms with van der Waals surface area (Å²) in [4.78, 5) is 23.9. The molecule has 2 aromatic carbocycles. The van der Waals surface area contributed by atoms with Gasteiger partial charge in [0.05, 0.1) is 5.52 Å². The monoisotopic (exact) mass is 417 g/mol. The molecule has 0 saturated heterocycles. The third-order valence-electron chi connectivity index (χ3n) is 6.05. The molecule has 0 radical (unpaired) electrons. The first-order valence-electron chi connectivity index (χ1n) is 11.0. The maximum atomic E-state index is 12.4. The van der Waals surface area contributed by atoms with E-state index < -0.39 is 0 Å². The highest BCUT2D eigenvalue weighted by Gasteiger charge is 2.23. The zero-order chi connectivity index (χ0) is 21.8. The van der Waals surface area contributed by atoms with Crippen LogP contribution in [0.15, 0.2) is 48.5 Å². The average Bonchev–Trinajstić information content (AvgIpc) is 2.78. The van der Waals surface area contributed by atoms with Crippen molar-refractivity contribution < 1.29 is 4.79 Å². The maximum Gasteiger partial charge on any atom is 0.251 e. The highest BCUT2D eigenvalue weighted by molar-refractivity contribution is 5.94. The summed E-state index contributed by atoms with van der Waals surface area (Å²) in [5, 5.41) is 7.71. The van der Waals surface area contributed by atoms with E-state index in [1.807, 2.05) is 68.4 Å². The Bertz CT molecular complexity index is 1040. The topological polar surface area (TPSA) is 70.2 Å². The molecule has 6 nitrogen and oxygen atoms in total. The number of hydrogen-bond donors (Lipinski definition) is 2. The van der Waals surface area contributed by atoms with Crippen LogP contribution in [0.4, 0.5) is 11.8 Å². The number of carbonyl (C=O) groups excluding carboxylic acids is 1. The Morgan fingerprint density at radius 2 is 1.71 bits per heavy atom. The van der Waals surface area contributed by atoms with Crippen molar-refractivity contribution in [2.75, 3.05) is 30.9 Å². The molecule has 4 rings (SSSR count). The first-order valence-corrected chi connectivity index (χ1v) is 11.0. The molecular weight excluding hydrogens is 386 g/mol. The summed E-state index contributed by atoms with van der Waals surface area (Å²) in [7, 11) is 4.02. The molecule has 162 valence electrons. The van der Waals surface area contributed by atoms with Crippen LogP contribution < -0.4 is 15.5 Å². The summed E-state index contributed by atoms with van der Waals surface area (Å²) < 4.78 is 0. The van der Waals surface area contributed by atoms with Gasteiger partial charge in [-0.3, -0.25) is 4.79 Å². The number of nitrogens with one attached hydrogen (secondary N) is 2. The van der Waals surface area contributed by atoms with Gasteiger partial charge < -0.3 is 15.5 Å². The molecule has 6 heteroatoms. The summed E-state index contributed by atoms with van der Waals surface area (Å²) in [6, 6.07) is 16.2. The van der Waals surface area contributed by atoms with Crippen LogP contribution in [0, 0.1) is 12.8 Å². The Balaban J connectivity index is 1.31. The molecule has 0 unspecified atom stereocenters. The highest BCUT2D eigenvalue weighted by Crippen LogP contribution is 2.28. The van der Waals surface area contributed by atoms with Crippen LogP contribution in [0.3, 0.4) is 0 Å². The second kappa shape index (κ2) is 9.33. The van der Waals surface area contributed by atoms with E-state index in [1.165, 1.54) is 0 Å². The molecule has 0 atom stereocenters. The molecule has 1 aromatic heterocycles. The first kappa shape index (κ1) is 21.1. The molecule has 1 amide bonds. The lowest BCUT2D eigenvalue weighted by Gasteiger charge is -2.29. The molecular formula is C25H31N5O. The minimum absolute atomic E-state index is 0.0148. The Hall–Kier alpha value is -3.15. The zero-order valence-electron chi connectivity index (χ0n) is 18.6. The van der Waals surface area contributed by atoms with Crippen molar-refractivity contribution in [3.63, 3.8) is 0 Å². The molecule has 0 spiro atoms. The fraction of sp³-hybridized carbons (Fsp3) is 0.400. The van der Waals surface area contributed by atoms with Gasteiger partial charge in [-0.2, -0.15) is 4.98 Å². The molecule has 1 fully saturated rings. The van der Waals surface area contributed by atoms with Crippen molar-refractivity contribution >= 4 is 28.6 Å². The number of amides is 1. The lowest BCUT2D eigenvalue weighted by atomic mass is 9.86. The van der Waals surface area contributed by atoms with Gasteiger partial charge in [0, 0.05) is 37.6 Å². The van der Waals surface area contributed by atoms with Gasteiger partial charge in [0.25, 0.3) is 5.91 Å². The molecule has 3 aromatic rings. The number of fused-ring (bicyclic) bond motifs is 1. The number of rotatable bonds is 6. The minimum Gasteiger partial charge on any atom is -0.362 e. The van der Waals surface area contributed by atoms with Gasteiger partial charge in [0.15, 0.2) is 0 Å². The Morgan fingerprint density at radius 3 is 2.42 bits per heavy atom. The Morgan fingerprint density at radius 1 is 1.00 bits per heavy atom. The van der Waals surface area contributed by atoms with Crippen LogP contribution in [0.1, 0.15) is 41.6 Å². The standard InChI is InChI=1S/C25H31N5O/c1-17-8-12-19(13-9-17)24(31)26-16-18-10-14-20(15-11-18)27-25-28-22-7-5-4-6-21(22)23(29-25)30(2)3/h4-9,12-13,18,20H,10-11,14-16H2,1-3H3,(H,26,31)(H,27,28,29). The number of para-hydroxylation sites is 1. The van der Waals surface area contributed by atoms with E-state index in [2.05, 4.69) is 16.7 Å². The first-order chi connectivity index (χ1) is 15.0. The summed E-state index contributed by atoms with van der Waals surface area (Å²) >= 11 is 0. The smallest absolute Gasteiger partial charge is 0.251 e. The molecule has 0 bridgehead atoms. The molecule has 31 heavy (non-hydrogen) atoms. The molecule has 2 N–H and O–H groups in total. The highest BCUT2D eigenvalue weighted by atomic mass is 16.1. The largest absolute Gasteiger partial charge is 0.362 e. The lowest BCUT2D eigenvalue weighted by molar-refractivity contribution is 0.0943. The summed E-state index contributed by atoms with van der Waals surface area (Å²) in [6.07, 6.45) is 4.27. The van der Waals surface area contributed by atoms with E-state index in [4.69, 9.17) is 9.97 Å². The van der Waals surface area contributed by atoms with Gasteiger partial charge in [-0.05, 0) is 62.8 Å². The van der Waals surface area contributed by atoms with Gasteiger partial charge in [0.1, 0.15) is 5.82 Å². The predicted molar refractivity (Wildman–Crippen MR) is 127 cm³/mol. The normalized spacial score (nSPS) is 18.5. The molecule has 1 aliphatic carbocycles. The number of benzene rings is 2. The number of anilines is 2. The number of hydrogen-bond acceptors (Lipinski definition) is 5. The second-order valence-corrected chi connectivity index (χ2v) is 8.72.